The molecule has 0 aromatic carbocycles. The number of carbonyl (C=O) groups is 1. The van der Waals surface area contributed by atoms with Gasteiger partial charge in [-0.05, 0) is 91.8 Å². The number of rotatable bonds is 4. The number of aliphatic hydroxyl groups is 1. The molecule has 0 amide bonds. The molecular formula is C25H40F2O3. The third-order valence-corrected chi connectivity index (χ3v) is 10.7. The fraction of sp³-hybridized carbons (Fsp3) is 0.960. The summed E-state index contributed by atoms with van der Waals surface area (Å²) in [6.07, 6.45) is 5.65. The zero-order valence-electron chi connectivity index (χ0n) is 19.0. The van der Waals surface area contributed by atoms with Gasteiger partial charge in [-0.1, -0.05) is 27.7 Å². The number of carboxylic acids is 1. The van der Waals surface area contributed by atoms with Crippen LogP contribution >= 0.6 is 0 Å². The van der Waals surface area contributed by atoms with Gasteiger partial charge in [0, 0.05) is 12.3 Å². The normalized spacial score (nSPS) is 49.4. The van der Waals surface area contributed by atoms with E-state index in [-0.39, 0.29) is 46.8 Å². The first-order valence-corrected chi connectivity index (χ1v) is 12.2. The molecule has 0 spiro atoms. The molecule has 0 aromatic rings. The molecule has 4 fully saturated rings. The molecule has 0 saturated heterocycles. The van der Waals surface area contributed by atoms with Crippen molar-refractivity contribution in [1.82, 2.24) is 0 Å². The Morgan fingerprint density at radius 2 is 1.70 bits per heavy atom. The molecule has 3 nitrogen and oxygen atoms in total. The standard InChI is InChI=1S/C25H40F2O3/c1-5-17(22(29)30)14(2)18-6-7-19-21-20(9-11-24(18,19)4)23(3)10-8-16(28)12-15(23)13-25(21,26)27/h14-21,28H,5-13H2,1-4H3,(H,29,30)/t14-,15+,16-,17?,18-,19?,20?,21?,23+,24-/m1/s1. The van der Waals surface area contributed by atoms with Crippen LogP contribution < -0.4 is 0 Å². The molecule has 0 radical (unpaired) electrons. The van der Waals surface area contributed by atoms with Gasteiger partial charge in [-0.3, -0.25) is 4.79 Å². The quantitative estimate of drug-likeness (QED) is 0.580. The first-order chi connectivity index (χ1) is 14.0. The molecule has 4 aliphatic carbocycles. The van der Waals surface area contributed by atoms with Gasteiger partial charge in [0.1, 0.15) is 0 Å². The first kappa shape index (κ1) is 22.5. The average Bonchev–Trinajstić information content (AvgIpc) is 3.00. The van der Waals surface area contributed by atoms with E-state index >= 15 is 8.78 Å². The number of hydrogen-bond acceptors (Lipinski definition) is 2. The van der Waals surface area contributed by atoms with Crippen LogP contribution in [0.15, 0.2) is 0 Å². The third kappa shape index (κ3) is 3.16. The number of fused-ring (bicyclic) bond motifs is 5. The summed E-state index contributed by atoms with van der Waals surface area (Å²) in [6, 6.07) is 0. The zero-order valence-corrected chi connectivity index (χ0v) is 19.0. The summed E-state index contributed by atoms with van der Waals surface area (Å²) in [5, 5.41) is 19.8. The van der Waals surface area contributed by atoms with Crippen molar-refractivity contribution in [2.45, 2.75) is 97.5 Å². The van der Waals surface area contributed by atoms with Gasteiger partial charge >= 0.3 is 5.97 Å². The molecule has 30 heavy (non-hydrogen) atoms. The Hall–Kier alpha value is -0.710. The van der Waals surface area contributed by atoms with Crippen LogP contribution in [0.4, 0.5) is 8.78 Å². The number of aliphatic carboxylic acids is 1. The molecule has 0 aliphatic heterocycles. The molecule has 172 valence electrons. The molecule has 4 aliphatic rings. The highest BCUT2D eigenvalue weighted by Gasteiger charge is 2.68. The highest BCUT2D eigenvalue weighted by atomic mass is 19.3. The topological polar surface area (TPSA) is 57.5 Å². The first-order valence-electron chi connectivity index (χ1n) is 12.2. The predicted octanol–water partition coefficient (Wildman–Crippen LogP) is 6.00. The van der Waals surface area contributed by atoms with Gasteiger partial charge in [-0.25, -0.2) is 8.78 Å². The number of aliphatic hydroxyl groups excluding tert-OH is 1. The van der Waals surface area contributed by atoms with Gasteiger partial charge in [0.25, 0.3) is 5.92 Å². The smallest absolute Gasteiger partial charge is 0.306 e. The second-order valence-electron chi connectivity index (χ2n) is 11.8. The van der Waals surface area contributed by atoms with Crippen molar-refractivity contribution in [2.24, 2.45) is 52.3 Å². The summed E-state index contributed by atoms with van der Waals surface area (Å²) in [5.74, 6) is -4.27. The lowest BCUT2D eigenvalue weighted by Crippen LogP contribution is -2.61. The van der Waals surface area contributed by atoms with E-state index < -0.39 is 29.8 Å². The SMILES string of the molecule is CCC(C(=O)O)[C@@H](C)[C@H]1CCC2C3C(CC[C@@]21C)[C@@]1(C)CC[C@@H](O)C[C@H]1CC3(F)F. The van der Waals surface area contributed by atoms with Crippen molar-refractivity contribution in [3.05, 3.63) is 0 Å². The Balaban J connectivity index is 1.65. The Bertz CT molecular complexity index is 681. The lowest BCUT2D eigenvalue weighted by atomic mass is 9.43. The average molecular weight is 427 g/mol. The second-order valence-corrected chi connectivity index (χ2v) is 11.8. The van der Waals surface area contributed by atoms with Crippen molar-refractivity contribution in [2.75, 3.05) is 0 Å². The van der Waals surface area contributed by atoms with Gasteiger partial charge in [-0.2, -0.15) is 0 Å². The van der Waals surface area contributed by atoms with Crippen LogP contribution in [0.25, 0.3) is 0 Å². The molecule has 5 heteroatoms. The van der Waals surface area contributed by atoms with E-state index in [0.717, 1.165) is 38.5 Å². The van der Waals surface area contributed by atoms with Crippen LogP contribution in [-0.2, 0) is 4.79 Å². The summed E-state index contributed by atoms with van der Waals surface area (Å²) < 4.78 is 31.4. The summed E-state index contributed by atoms with van der Waals surface area (Å²) in [5.41, 5.74) is -0.284. The largest absolute Gasteiger partial charge is 0.481 e. The number of carboxylic acid groups (broad SMARTS) is 1. The van der Waals surface area contributed by atoms with E-state index in [2.05, 4.69) is 13.8 Å². The van der Waals surface area contributed by atoms with Gasteiger partial charge in [0.15, 0.2) is 0 Å². The summed E-state index contributed by atoms with van der Waals surface area (Å²) in [7, 11) is 0. The van der Waals surface area contributed by atoms with E-state index in [4.69, 9.17) is 0 Å². The minimum atomic E-state index is -2.69. The molecule has 4 rings (SSSR count). The van der Waals surface area contributed by atoms with Crippen LogP contribution in [0.3, 0.4) is 0 Å². The fourth-order valence-electron chi connectivity index (χ4n) is 9.09. The summed E-state index contributed by atoms with van der Waals surface area (Å²) >= 11 is 0. The van der Waals surface area contributed by atoms with Crippen molar-refractivity contribution >= 4 is 5.97 Å². The fourth-order valence-corrected chi connectivity index (χ4v) is 9.09. The van der Waals surface area contributed by atoms with Crippen LogP contribution in [0.5, 0.6) is 0 Å². The molecule has 0 bridgehead atoms. The molecule has 0 heterocycles. The van der Waals surface area contributed by atoms with E-state index in [1.807, 2.05) is 13.8 Å². The Kier molecular flexibility index (Phi) is 5.56. The maximum absolute atomic E-state index is 15.7. The van der Waals surface area contributed by atoms with Crippen LogP contribution in [-0.4, -0.2) is 28.2 Å². The zero-order chi connectivity index (χ0) is 22.1. The monoisotopic (exact) mass is 426 g/mol. The van der Waals surface area contributed by atoms with E-state index in [9.17, 15) is 15.0 Å². The van der Waals surface area contributed by atoms with E-state index in [1.54, 1.807) is 0 Å². The van der Waals surface area contributed by atoms with Gasteiger partial charge in [0.2, 0.25) is 0 Å². The molecule has 2 N–H and O–H groups in total. The van der Waals surface area contributed by atoms with Gasteiger partial charge in [-0.15, -0.1) is 0 Å². The van der Waals surface area contributed by atoms with E-state index in [1.165, 1.54) is 0 Å². The second kappa shape index (κ2) is 7.42. The molecule has 10 atom stereocenters. The van der Waals surface area contributed by atoms with Crippen molar-refractivity contribution in [1.29, 1.82) is 0 Å². The molecule has 0 aromatic heterocycles. The third-order valence-electron chi connectivity index (χ3n) is 10.7. The Morgan fingerprint density at radius 3 is 2.33 bits per heavy atom. The summed E-state index contributed by atoms with van der Waals surface area (Å²) in [4.78, 5) is 11.8. The van der Waals surface area contributed by atoms with E-state index in [0.29, 0.717) is 12.8 Å². The van der Waals surface area contributed by atoms with Crippen molar-refractivity contribution in [3.8, 4) is 0 Å². The lowest BCUT2D eigenvalue weighted by Gasteiger charge is -2.63. The minimum absolute atomic E-state index is 0.0180. The minimum Gasteiger partial charge on any atom is -0.481 e. The Labute approximate surface area is 180 Å². The number of hydrogen-bond donors (Lipinski definition) is 2. The maximum atomic E-state index is 15.7. The highest BCUT2D eigenvalue weighted by Crippen LogP contribution is 2.71. The molecular weight excluding hydrogens is 386 g/mol. The predicted molar refractivity (Wildman–Crippen MR) is 112 cm³/mol. The van der Waals surface area contributed by atoms with Gasteiger partial charge in [0.05, 0.1) is 12.0 Å². The lowest BCUT2D eigenvalue weighted by molar-refractivity contribution is -0.238. The highest BCUT2D eigenvalue weighted by molar-refractivity contribution is 5.70. The molecule has 4 unspecified atom stereocenters. The van der Waals surface area contributed by atoms with Crippen LogP contribution in [0.2, 0.25) is 0 Å². The number of halogens is 2. The Morgan fingerprint density at radius 1 is 1.07 bits per heavy atom. The maximum Gasteiger partial charge on any atom is 0.306 e. The summed E-state index contributed by atoms with van der Waals surface area (Å²) in [6.45, 7) is 8.40. The number of alkyl halides is 2. The van der Waals surface area contributed by atoms with Gasteiger partial charge < -0.3 is 10.2 Å². The van der Waals surface area contributed by atoms with Crippen molar-refractivity contribution in [3.63, 3.8) is 0 Å². The van der Waals surface area contributed by atoms with Crippen LogP contribution in [0.1, 0.15) is 85.5 Å². The molecule has 4 saturated carbocycles. The van der Waals surface area contributed by atoms with Crippen LogP contribution in [0, 0.1) is 52.3 Å². The van der Waals surface area contributed by atoms with Crippen molar-refractivity contribution < 1.29 is 23.8 Å².